The summed E-state index contributed by atoms with van der Waals surface area (Å²) >= 11 is 0. The first-order chi connectivity index (χ1) is 8.97. The van der Waals surface area contributed by atoms with Gasteiger partial charge in [-0.25, -0.2) is 8.42 Å². The van der Waals surface area contributed by atoms with Crippen LogP contribution in [0.25, 0.3) is 0 Å². The summed E-state index contributed by atoms with van der Waals surface area (Å²) in [7, 11) is -1.33. The lowest BCUT2D eigenvalue weighted by molar-refractivity contribution is 0.120. The van der Waals surface area contributed by atoms with Gasteiger partial charge in [-0.15, -0.1) is 0 Å². The average molecular weight is 293 g/mol. The fourth-order valence-corrected chi connectivity index (χ4v) is 3.11. The highest BCUT2D eigenvalue weighted by molar-refractivity contribution is 7.88. The molecule has 1 saturated heterocycles. The van der Waals surface area contributed by atoms with E-state index in [1.165, 1.54) is 6.26 Å². The maximum absolute atomic E-state index is 11.4. The summed E-state index contributed by atoms with van der Waals surface area (Å²) < 4.78 is 29.6. The standard InChI is InChI=1S/C12H27N3O3S/c1-4-5-13-12(11-18-2)10-14-6-8-15(9-7-14)19(3,16)17/h12-13H,4-11H2,1-3H3. The SMILES string of the molecule is CCCNC(COC)CN1CCN(S(C)(=O)=O)CC1. The second-order valence-electron chi connectivity index (χ2n) is 5.07. The molecule has 1 aliphatic heterocycles. The Bertz CT molecular complexity index is 340. The van der Waals surface area contributed by atoms with Crippen LogP contribution in [0.4, 0.5) is 0 Å². The number of rotatable bonds is 8. The van der Waals surface area contributed by atoms with E-state index in [1.54, 1.807) is 11.4 Å². The molecule has 7 heteroatoms. The minimum absolute atomic E-state index is 0.315. The van der Waals surface area contributed by atoms with E-state index >= 15 is 0 Å². The molecule has 114 valence electrons. The van der Waals surface area contributed by atoms with Gasteiger partial charge in [-0.1, -0.05) is 6.92 Å². The minimum atomic E-state index is -3.04. The number of sulfonamides is 1. The molecule has 1 rings (SSSR count). The molecule has 0 aromatic heterocycles. The van der Waals surface area contributed by atoms with Crippen LogP contribution in [0.1, 0.15) is 13.3 Å². The van der Waals surface area contributed by atoms with Crippen LogP contribution in [0.5, 0.6) is 0 Å². The molecule has 0 aromatic carbocycles. The van der Waals surface area contributed by atoms with Crippen molar-refractivity contribution >= 4 is 10.0 Å². The van der Waals surface area contributed by atoms with Crippen LogP contribution < -0.4 is 5.32 Å². The quantitative estimate of drug-likeness (QED) is 0.658. The Morgan fingerprint density at radius 3 is 2.37 bits per heavy atom. The number of piperazine rings is 1. The van der Waals surface area contributed by atoms with Crippen LogP contribution in [0.15, 0.2) is 0 Å². The van der Waals surface area contributed by atoms with Crippen molar-refractivity contribution in [2.45, 2.75) is 19.4 Å². The van der Waals surface area contributed by atoms with Gasteiger partial charge in [0.15, 0.2) is 0 Å². The first kappa shape index (κ1) is 16.8. The van der Waals surface area contributed by atoms with Crippen LogP contribution in [0.3, 0.4) is 0 Å². The van der Waals surface area contributed by atoms with Crippen molar-refractivity contribution in [2.24, 2.45) is 0 Å². The van der Waals surface area contributed by atoms with Crippen molar-refractivity contribution in [3.63, 3.8) is 0 Å². The molecule has 1 N–H and O–H groups in total. The van der Waals surface area contributed by atoms with Crippen molar-refractivity contribution in [1.82, 2.24) is 14.5 Å². The third kappa shape index (κ3) is 6.18. The Hall–Kier alpha value is -0.210. The van der Waals surface area contributed by atoms with Gasteiger partial charge in [0.05, 0.1) is 12.9 Å². The smallest absolute Gasteiger partial charge is 0.211 e. The Balaban J connectivity index is 2.37. The van der Waals surface area contributed by atoms with Gasteiger partial charge >= 0.3 is 0 Å². The number of ether oxygens (including phenoxy) is 1. The molecule has 0 aliphatic carbocycles. The number of hydrogen-bond donors (Lipinski definition) is 1. The molecule has 0 saturated carbocycles. The normalized spacial score (nSPS) is 20.6. The molecule has 0 spiro atoms. The second-order valence-corrected chi connectivity index (χ2v) is 7.05. The monoisotopic (exact) mass is 293 g/mol. The lowest BCUT2D eigenvalue weighted by Gasteiger charge is -2.35. The van der Waals surface area contributed by atoms with Crippen LogP contribution >= 0.6 is 0 Å². The molecule has 1 aliphatic rings. The summed E-state index contributed by atoms with van der Waals surface area (Å²) in [5, 5.41) is 3.46. The van der Waals surface area contributed by atoms with Crippen molar-refractivity contribution in [2.75, 3.05) is 59.2 Å². The highest BCUT2D eigenvalue weighted by atomic mass is 32.2. The Labute approximate surface area is 117 Å². The van der Waals surface area contributed by atoms with E-state index in [0.29, 0.717) is 25.7 Å². The third-order valence-electron chi connectivity index (χ3n) is 3.33. The molecule has 6 nitrogen and oxygen atoms in total. The molecule has 19 heavy (non-hydrogen) atoms. The van der Waals surface area contributed by atoms with Crippen LogP contribution in [0.2, 0.25) is 0 Å². The molecule has 0 amide bonds. The molecule has 1 heterocycles. The predicted molar refractivity (Wildman–Crippen MR) is 76.8 cm³/mol. The average Bonchev–Trinajstić information content (AvgIpc) is 2.36. The Morgan fingerprint density at radius 1 is 1.26 bits per heavy atom. The summed E-state index contributed by atoms with van der Waals surface area (Å²) in [5.74, 6) is 0. The summed E-state index contributed by atoms with van der Waals surface area (Å²) in [6, 6.07) is 0.315. The van der Waals surface area contributed by atoms with E-state index in [2.05, 4.69) is 17.1 Å². The van der Waals surface area contributed by atoms with Crippen molar-refractivity contribution in [1.29, 1.82) is 0 Å². The highest BCUT2D eigenvalue weighted by Crippen LogP contribution is 2.06. The molecule has 1 fully saturated rings. The van der Waals surface area contributed by atoms with E-state index in [0.717, 1.165) is 32.6 Å². The molecule has 1 atom stereocenters. The van der Waals surface area contributed by atoms with Gasteiger partial charge in [-0.2, -0.15) is 4.31 Å². The second kappa shape index (κ2) is 8.16. The fraction of sp³-hybridized carbons (Fsp3) is 1.00. The Kier molecular flexibility index (Phi) is 7.23. The van der Waals surface area contributed by atoms with Gasteiger partial charge < -0.3 is 10.1 Å². The maximum Gasteiger partial charge on any atom is 0.211 e. The zero-order valence-corrected chi connectivity index (χ0v) is 13.1. The first-order valence-electron chi connectivity index (χ1n) is 6.87. The van der Waals surface area contributed by atoms with Gasteiger partial charge in [-0.05, 0) is 13.0 Å². The molecule has 0 aromatic rings. The van der Waals surface area contributed by atoms with E-state index in [1.807, 2.05) is 0 Å². The largest absolute Gasteiger partial charge is 0.383 e. The molecular weight excluding hydrogens is 266 g/mol. The van der Waals surface area contributed by atoms with Crippen molar-refractivity contribution in [3.05, 3.63) is 0 Å². The van der Waals surface area contributed by atoms with E-state index in [4.69, 9.17) is 4.74 Å². The van der Waals surface area contributed by atoms with Gasteiger partial charge in [0.2, 0.25) is 10.0 Å². The summed E-state index contributed by atoms with van der Waals surface area (Å²) in [6.45, 7) is 7.48. The minimum Gasteiger partial charge on any atom is -0.383 e. The number of hydrogen-bond acceptors (Lipinski definition) is 5. The lowest BCUT2D eigenvalue weighted by Crippen LogP contribution is -2.52. The Morgan fingerprint density at radius 2 is 1.89 bits per heavy atom. The van der Waals surface area contributed by atoms with Gasteiger partial charge in [0.1, 0.15) is 0 Å². The number of nitrogens with one attached hydrogen (secondary N) is 1. The van der Waals surface area contributed by atoms with E-state index in [-0.39, 0.29) is 0 Å². The summed E-state index contributed by atoms with van der Waals surface area (Å²) in [4.78, 5) is 2.30. The van der Waals surface area contributed by atoms with Crippen molar-refractivity contribution in [3.8, 4) is 0 Å². The molecular formula is C12H27N3O3S. The van der Waals surface area contributed by atoms with Crippen LogP contribution in [-0.2, 0) is 14.8 Å². The highest BCUT2D eigenvalue weighted by Gasteiger charge is 2.24. The molecule has 1 unspecified atom stereocenters. The zero-order valence-electron chi connectivity index (χ0n) is 12.3. The van der Waals surface area contributed by atoms with Crippen LogP contribution in [0, 0.1) is 0 Å². The molecule has 0 bridgehead atoms. The van der Waals surface area contributed by atoms with Gasteiger partial charge in [0.25, 0.3) is 0 Å². The summed E-state index contributed by atoms with van der Waals surface area (Å²) in [6.07, 6.45) is 2.38. The zero-order chi connectivity index (χ0) is 14.3. The molecule has 0 radical (unpaired) electrons. The van der Waals surface area contributed by atoms with Gasteiger partial charge in [0, 0.05) is 45.9 Å². The van der Waals surface area contributed by atoms with Crippen molar-refractivity contribution < 1.29 is 13.2 Å². The third-order valence-corrected chi connectivity index (χ3v) is 4.63. The lowest BCUT2D eigenvalue weighted by atomic mass is 10.2. The van der Waals surface area contributed by atoms with Crippen LogP contribution in [-0.4, -0.2) is 82.9 Å². The number of nitrogens with zero attached hydrogens (tertiary/aromatic N) is 2. The summed E-state index contributed by atoms with van der Waals surface area (Å²) in [5.41, 5.74) is 0. The maximum atomic E-state index is 11.4. The topological polar surface area (TPSA) is 61.9 Å². The van der Waals surface area contributed by atoms with Gasteiger partial charge in [-0.3, -0.25) is 4.90 Å². The number of methoxy groups -OCH3 is 1. The fourth-order valence-electron chi connectivity index (χ4n) is 2.28. The first-order valence-corrected chi connectivity index (χ1v) is 8.72. The predicted octanol–water partition coefficient (Wildman–Crippen LogP) is -0.422. The van der Waals surface area contributed by atoms with E-state index < -0.39 is 10.0 Å². The van der Waals surface area contributed by atoms with E-state index in [9.17, 15) is 8.42 Å².